The van der Waals surface area contributed by atoms with Gasteiger partial charge < -0.3 is 11.1 Å². The molecule has 1 aliphatic carbocycles. The van der Waals surface area contributed by atoms with Crippen molar-refractivity contribution in [1.82, 2.24) is 0 Å². The van der Waals surface area contributed by atoms with E-state index in [0.29, 0.717) is 10.6 Å². The van der Waals surface area contributed by atoms with Crippen LogP contribution < -0.4 is 11.1 Å². The second-order valence-electron chi connectivity index (χ2n) is 5.10. The minimum Gasteiger partial charge on any atom is -0.378 e. The van der Waals surface area contributed by atoms with Crippen molar-refractivity contribution < 1.29 is 4.79 Å². The van der Waals surface area contributed by atoms with Gasteiger partial charge in [0, 0.05) is 10.2 Å². The standard InChI is InChI=1S/C16H14BrClN2O/c17-13-3-1-2-11-10(13)6-7-15(11)20-9-4-5-12(16(19)21)14(18)8-9/h1-5,8,15,20H,6-7H2,(H2,19,21). The maximum atomic E-state index is 11.2. The summed E-state index contributed by atoms with van der Waals surface area (Å²) in [5.74, 6) is -0.512. The summed E-state index contributed by atoms with van der Waals surface area (Å²) >= 11 is 9.68. The van der Waals surface area contributed by atoms with Gasteiger partial charge in [0.05, 0.1) is 16.6 Å². The van der Waals surface area contributed by atoms with Crippen molar-refractivity contribution in [2.45, 2.75) is 18.9 Å². The lowest BCUT2D eigenvalue weighted by atomic mass is 10.1. The lowest BCUT2D eigenvalue weighted by Gasteiger charge is -2.16. The van der Waals surface area contributed by atoms with Gasteiger partial charge in [0.2, 0.25) is 5.91 Å². The highest BCUT2D eigenvalue weighted by atomic mass is 79.9. The van der Waals surface area contributed by atoms with Gasteiger partial charge in [-0.3, -0.25) is 4.79 Å². The first kappa shape index (κ1) is 14.4. The summed E-state index contributed by atoms with van der Waals surface area (Å²) in [6.07, 6.45) is 2.08. The molecule has 0 saturated heterocycles. The molecular formula is C16H14BrClN2O. The van der Waals surface area contributed by atoms with Gasteiger partial charge in [-0.05, 0) is 48.2 Å². The number of carbonyl (C=O) groups is 1. The number of carbonyl (C=O) groups excluding carboxylic acids is 1. The van der Waals surface area contributed by atoms with Gasteiger partial charge in [0.15, 0.2) is 0 Å². The van der Waals surface area contributed by atoms with E-state index in [1.807, 2.05) is 12.1 Å². The first-order valence-electron chi connectivity index (χ1n) is 6.69. The van der Waals surface area contributed by atoms with Crippen LogP contribution in [0.5, 0.6) is 0 Å². The fourth-order valence-corrected chi connectivity index (χ4v) is 3.62. The van der Waals surface area contributed by atoms with Crippen LogP contribution in [0.2, 0.25) is 5.02 Å². The van der Waals surface area contributed by atoms with Gasteiger partial charge in [0.1, 0.15) is 0 Å². The fourth-order valence-electron chi connectivity index (χ4n) is 2.77. The highest BCUT2D eigenvalue weighted by Gasteiger charge is 2.24. The Morgan fingerprint density at radius 1 is 1.33 bits per heavy atom. The zero-order valence-corrected chi connectivity index (χ0v) is 13.5. The Morgan fingerprint density at radius 2 is 2.14 bits per heavy atom. The van der Waals surface area contributed by atoms with Crippen LogP contribution in [-0.4, -0.2) is 5.91 Å². The van der Waals surface area contributed by atoms with Gasteiger partial charge in [-0.1, -0.05) is 39.7 Å². The van der Waals surface area contributed by atoms with E-state index >= 15 is 0 Å². The fraction of sp³-hybridized carbons (Fsp3) is 0.188. The third-order valence-electron chi connectivity index (χ3n) is 3.79. The molecule has 3 nitrogen and oxygen atoms in total. The maximum absolute atomic E-state index is 11.2. The first-order valence-corrected chi connectivity index (χ1v) is 7.86. The number of primary amides is 1. The normalized spacial score (nSPS) is 16.6. The van der Waals surface area contributed by atoms with Gasteiger partial charge in [-0.25, -0.2) is 0 Å². The van der Waals surface area contributed by atoms with E-state index in [2.05, 4.69) is 33.4 Å². The summed E-state index contributed by atoms with van der Waals surface area (Å²) in [7, 11) is 0. The van der Waals surface area contributed by atoms with E-state index in [4.69, 9.17) is 17.3 Å². The lowest BCUT2D eigenvalue weighted by Crippen LogP contribution is -2.12. The summed E-state index contributed by atoms with van der Waals surface area (Å²) in [5.41, 5.74) is 9.16. The molecule has 1 aliphatic rings. The van der Waals surface area contributed by atoms with Crippen LogP contribution in [-0.2, 0) is 6.42 Å². The van der Waals surface area contributed by atoms with Crippen LogP contribution >= 0.6 is 27.5 Å². The van der Waals surface area contributed by atoms with Crippen molar-refractivity contribution in [2.24, 2.45) is 5.73 Å². The summed E-state index contributed by atoms with van der Waals surface area (Å²) in [6, 6.07) is 11.8. The molecule has 108 valence electrons. The molecule has 3 rings (SSSR count). The quantitative estimate of drug-likeness (QED) is 0.852. The number of halogens is 2. The monoisotopic (exact) mass is 364 g/mol. The largest absolute Gasteiger partial charge is 0.378 e. The van der Waals surface area contributed by atoms with E-state index < -0.39 is 5.91 Å². The number of anilines is 1. The predicted octanol–water partition coefficient (Wildman–Crippen LogP) is 4.30. The van der Waals surface area contributed by atoms with Crippen LogP contribution in [0, 0.1) is 0 Å². The molecule has 0 heterocycles. The highest BCUT2D eigenvalue weighted by molar-refractivity contribution is 9.10. The van der Waals surface area contributed by atoms with Crippen molar-refractivity contribution in [3.05, 3.63) is 62.6 Å². The zero-order valence-electron chi connectivity index (χ0n) is 11.2. The van der Waals surface area contributed by atoms with Crippen LogP contribution in [0.25, 0.3) is 0 Å². The van der Waals surface area contributed by atoms with E-state index in [-0.39, 0.29) is 6.04 Å². The molecule has 0 radical (unpaired) electrons. The van der Waals surface area contributed by atoms with E-state index in [0.717, 1.165) is 23.0 Å². The molecule has 1 atom stereocenters. The molecule has 0 aliphatic heterocycles. The molecule has 3 N–H and O–H groups in total. The Hall–Kier alpha value is -1.52. The third-order valence-corrected chi connectivity index (χ3v) is 4.84. The molecule has 5 heteroatoms. The summed E-state index contributed by atoms with van der Waals surface area (Å²) in [4.78, 5) is 11.2. The molecule has 21 heavy (non-hydrogen) atoms. The summed E-state index contributed by atoms with van der Waals surface area (Å²) in [6.45, 7) is 0. The molecule has 0 spiro atoms. The zero-order chi connectivity index (χ0) is 15.0. The van der Waals surface area contributed by atoms with Crippen molar-refractivity contribution >= 4 is 39.1 Å². The average Bonchev–Trinajstić information content (AvgIpc) is 2.83. The van der Waals surface area contributed by atoms with E-state index in [1.165, 1.54) is 11.1 Å². The number of hydrogen-bond acceptors (Lipinski definition) is 2. The molecule has 2 aromatic rings. The first-order chi connectivity index (χ1) is 10.1. The lowest BCUT2D eigenvalue weighted by molar-refractivity contribution is 0.100. The summed E-state index contributed by atoms with van der Waals surface area (Å²) < 4.78 is 1.16. The Kier molecular flexibility index (Phi) is 3.91. The number of amides is 1. The maximum Gasteiger partial charge on any atom is 0.250 e. The van der Waals surface area contributed by atoms with E-state index in [1.54, 1.807) is 12.1 Å². The smallest absolute Gasteiger partial charge is 0.250 e. The SMILES string of the molecule is NC(=O)c1ccc(NC2CCc3c(Br)cccc32)cc1Cl. The minimum absolute atomic E-state index is 0.257. The average molecular weight is 366 g/mol. The minimum atomic E-state index is -0.512. The number of hydrogen-bond donors (Lipinski definition) is 2. The number of nitrogens with one attached hydrogen (secondary N) is 1. The topological polar surface area (TPSA) is 55.1 Å². The molecule has 0 aromatic heterocycles. The molecule has 0 saturated carbocycles. The molecule has 1 unspecified atom stereocenters. The molecule has 1 amide bonds. The molecule has 0 fully saturated rings. The summed E-state index contributed by atoms with van der Waals surface area (Å²) in [5, 5.41) is 3.85. The Balaban J connectivity index is 1.85. The van der Waals surface area contributed by atoms with Crippen molar-refractivity contribution in [3.8, 4) is 0 Å². The number of rotatable bonds is 3. The van der Waals surface area contributed by atoms with Crippen molar-refractivity contribution in [2.75, 3.05) is 5.32 Å². The molecule has 0 bridgehead atoms. The number of benzene rings is 2. The van der Waals surface area contributed by atoms with Crippen LogP contribution in [0.1, 0.15) is 33.9 Å². The van der Waals surface area contributed by atoms with Gasteiger partial charge in [-0.15, -0.1) is 0 Å². The highest BCUT2D eigenvalue weighted by Crippen LogP contribution is 2.38. The Bertz CT molecular complexity index is 717. The van der Waals surface area contributed by atoms with Crippen LogP contribution in [0.15, 0.2) is 40.9 Å². The molecule has 2 aromatic carbocycles. The Labute approximate surface area is 136 Å². The number of fused-ring (bicyclic) bond motifs is 1. The van der Waals surface area contributed by atoms with Gasteiger partial charge in [-0.2, -0.15) is 0 Å². The van der Waals surface area contributed by atoms with Crippen molar-refractivity contribution in [1.29, 1.82) is 0 Å². The van der Waals surface area contributed by atoms with Crippen molar-refractivity contribution in [3.63, 3.8) is 0 Å². The second kappa shape index (κ2) is 5.70. The van der Waals surface area contributed by atoms with Crippen LogP contribution in [0.3, 0.4) is 0 Å². The third kappa shape index (κ3) is 2.78. The number of nitrogens with two attached hydrogens (primary N) is 1. The predicted molar refractivity (Wildman–Crippen MR) is 88.8 cm³/mol. The Morgan fingerprint density at radius 3 is 2.86 bits per heavy atom. The molecular weight excluding hydrogens is 352 g/mol. The van der Waals surface area contributed by atoms with E-state index in [9.17, 15) is 4.79 Å². The van der Waals surface area contributed by atoms with Gasteiger partial charge >= 0.3 is 0 Å². The van der Waals surface area contributed by atoms with Gasteiger partial charge in [0.25, 0.3) is 0 Å². The van der Waals surface area contributed by atoms with Crippen LogP contribution in [0.4, 0.5) is 5.69 Å². The second-order valence-corrected chi connectivity index (χ2v) is 6.36.